The van der Waals surface area contributed by atoms with Crippen LogP contribution < -0.4 is 20.8 Å². The standard InChI is InChI=1S/C32H23ClN4O5S/c1-19-8-6-10-21(16-19)35-29(38)23-12-2-4-14-25(23)36-30(39)31(40)37-34-18-20-9-7-11-22(17-20)42-32(41)28-27(33)24-13-3-5-15-26(24)43-28/h2-18H,1H3,(H,35,38)(H,36,39)(H,37,40). The zero-order valence-electron chi connectivity index (χ0n) is 22.6. The summed E-state index contributed by atoms with van der Waals surface area (Å²) in [5.74, 6) is -2.87. The van der Waals surface area contributed by atoms with Crippen LogP contribution in [0.5, 0.6) is 5.75 Å². The predicted molar refractivity (Wildman–Crippen MR) is 168 cm³/mol. The highest BCUT2D eigenvalue weighted by Crippen LogP contribution is 2.35. The zero-order chi connectivity index (χ0) is 30.3. The second kappa shape index (κ2) is 13.1. The van der Waals surface area contributed by atoms with Crippen molar-refractivity contribution in [2.45, 2.75) is 6.92 Å². The lowest BCUT2D eigenvalue weighted by Crippen LogP contribution is -2.33. The topological polar surface area (TPSA) is 126 Å². The Labute approximate surface area is 255 Å². The Bertz CT molecular complexity index is 1900. The van der Waals surface area contributed by atoms with Gasteiger partial charge in [-0.3, -0.25) is 14.4 Å². The van der Waals surface area contributed by atoms with Gasteiger partial charge in [0, 0.05) is 15.8 Å². The fourth-order valence-corrected chi connectivity index (χ4v) is 5.45. The molecule has 0 saturated carbocycles. The molecule has 0 radical (unpaired) electrons. The Morgan fingerprint density at radius 1 is 0.837 bits per heavy atom. The third-order valence-corrected chi connectivity index (χ3v) is 7.73. The first kappa shape index (κ1) is 29.2. The first-order chi connectivity index (χ1) is 20.8. The molecule has 0 saturated heterocycles. The number of nitrogens with one attached hydrogen (secondary N) is 3. The number of hydrogen-bond acceptors (Lipinski definition) is 7. The average Bonchev–Trinajstić information content (AvgIpc) is 3.34. The number of fused-ring (bicyclic) bond motifs is 1. The number of amides is 3. The molecule has 214 valence electrons. The Balaban J connectivity index is 1.18. The number of hydrogen-bond donors (Lipinski definition) is 3. The van der Waals surface area contributed by atoms with E-state index < -0.39 is 23.7 Å². The Morgan fingerprint density at radius 3 is 2.42 bits per heavy atom. The molecule has 0 unspecified atom stereocenters. The van der Waals surface area contributed by atoms with E-state index in [4.69, 9.17) is 16.3 Å². The fourth-order valence-electron chi connectivity index (χ4n) is 4.06. The molecule has 0 atom stereocenters. The number of para-hydroxylation sites is 1. The van der Waals surface area contributed by atoms with E-state index in [9.17, 15) is 19.2 Å². The van der Waals surface area contributed by atoms with Gasteiger partial charge in [0.25, 0.3) is 5.91 Å². The van der Waals surface area contributed by atoms with Crippen molar-refractivity contribution in [2.75, 3.05) is 10.6 Å². The molecule has 0 spiro atoms. The van der Waals surface area contributed by atoms with E-state index in [1.165, 1.54) is 35.8 Å². The summed E-state index contributed by atoms with van der Waals surface area (Å²) in [6.07, 6.45) is 1.29. The molecule has 1 aromatic heterocycles. The number of carbonyl (C=O) groups excluding carboxylic acids is 4. The van der Waals surface area contributed by atoms with Gasteiger partial charge in [-0.2, -0.15) is 5.10 Å². The van der Waals surface area contributed by atoms with E-state index in [2.05, 4.69) is 21.2 Å². The highest BCUT2D eigenvalue weighted by atomic mass is 35.5. The van der Waals surface area contributed by atoms with E-state index >= 15 is 0 Å². The smallest absolute Gasteiger partial charge is 0.355 e. The van der Waals surface area contributed by atoms with Crippen LogP contribution in [0, 0.1) is 6.92 Å². The predicted octanol–water partition coefficient (Wildman–Crippen LogP) is 6.42. The molecule has 0 aliphatic heterocycles. The molecule has 3 N–H and O–H groups in total. The van der Waals surface area contributed by atoms with Gasteiger partial charge in [0.15, 0.2) is 0 Å². The van der Waals surface area contributed by atoms with Crippen molar-refractivity contribution in [3.8, 4) is 5.75 Å². The van der Waals surface area contributed by atoms with Gasteiger partial charge in [-0.25, -0.2) is 10.2 Å². The number of thiophene rings is 1. The number of nitrogens with zero attached hydrogens (tertiary/aromatic N) is 1. The van der Waals surface area contributed by atoms with E-state index in [0.29, 0.717) is 16.3 Å². The quantitative estimate of drug-likeness (QED) is 0.0644. The van der Waals surface area contributed by atoms with Gasteiger partial charge < -0.3 is 15.4 Å². The molecule has 11 heteroatoms. The third-order valence-electron chi connectivity index (χ3n) is 6.07. The highest BCUT2D eigenvalue weighted by molar-refractivity contribution is 7.21. The normalized spacial score (nSPS) is 10.8. The Morgan fingerprint density at radius 2 is 1.60 bits per heavy atom. The van der Waals surface area contributed by atoms with Gasteiger partial charge in [-0.1, -0.05) is 66.2 Å². The summed E-state index contributed by atoms with van der Waals surface area (Å²) in [6, 6.07) is 27.4. The van der Waals surface area contributed by atoms with Crippen molar-refractivity contribution in [1.29, 1.82) is 0 Å². The van der Waals surface area contributed by atoms with Gasteiger partial charge in [0.05, 0.1) is 22.5 Å². The molecular formula is C32H23ClN4O5S. The second-order valence-electron chi connectivity index (χ2n) is 9.23. The van der Waals surface area contributed by atoms with E-state index in [1.54, 1.807) is 36.4 Å². The molecule has 3 amide bonds. The summed E-state index contributed by atoms with van der Waals surface area (Å²) in [5.41, 5.74) is 4.55. The molecule has 5 aromatic rings. The van der Waals surface area contributed by atoms with E-state index in [0.717, 1.165) is 15.6 Å². The van der Waals surface area contributed by atoms with Crippen LogP contribution >= 0.6 is 22.9 Å². The summed E-state index contributed by atoms with van der Waals surface area (Å²) in [5, 5.41) is 10.2. The van der Waals surface area contributed by atoms with Crippen molar-refractivity contribution in [3.05, 3.63) is 124 Å². The monoisotopic (exact) mass is 610 g/mol. The number of benzene rings is 4. The number of aryl methyl sites for hydroxylation is 1. The fraction of sp³-hybridized carbons (Fsp3) is 0.0312. The van der Waals surface area contributed by atoms with Crippen LogP contribution in [0.15, 0.2) is 102 Å². The van der Waals surface area contributed by atoms with Crippen LogP contribution in [-0.2, 0) is 9.59 Å². The van der Waals surface area contributed by atoms with E-state index in [1.807, 2.05) is 49.4 Å². The molecular weight excluding hydrogens is 588 g/mol. The molecule has 5 rings (SSSR count). The summed E-state index contributed by atoms with van der Waals surface area (Å²) in [4.78, 5) is 50.8. The number of halogens is 1. The molecule has 0 aliphatic carbocycles. The van der Waals surface area contributed by atoms with Crippen LogP contribution in [0.4, 0.5) is 11.4 Å². The van der Waals surface area contributed by atoms with Crippen molar-refractivity contribution < 1.29 is 23.9 Å². The van der Waals surface area contributed by atoms with Crippen molar-refractivity contribution in [1.82, 2.24) is 5.43 Å². The number of rotatable bonds is 7. The van der Waals surface area contributed by atoms with Gasteiger partial charge in [0.2, 0.25) is 0 Å². The van der Waals surface area contributed by atoms with Gasteiger partial charge >= 0.3 is 17.8 Å². The van der Waals surface area contributed by atoms with Crippen LogP contribution in [0.1, 0.15) is 31.2 Å². The minimum Gasteiger partial charge on any atom is -0.422 e. The van der Waals surface area contributed by atoms with Crippen LogP contribution in [0.25, 0.3) is 10.1 Å². The lowest BCUT2D eigenvalue weighted by molar-refractivity contribution is -0.136. The van der Waals surface area contributed by atoms with Crippen molar-refractivity contribution in [2.24, 2.45) is 5.10 Å². The van der Waals surface area contributed by atoms with Crippen molar-refractivity contribution in [3.63, 3.8) is 0 Å². The van der Waals surface area contributed by atoms with Gasteiger partial charge in [-0.05, 0) is 60.5 Å². The maximum absolute atomic E-state index is 12.8. The minimum atomic E-state index is -1.05. The first-order valence-electron chi connectivity index (χ1n) is 12.9. The van der Waals surface area contributed by atoms with E-state index in [-0.39, 0.29) is 21.9 Å². The molecule has 0 aliphatic rings. The summed E-state index contributed by atoms with van der Waals surface area (Å²) >= 11 is 7.62. The second-order valence-corrected chi connectivity index (χ2v) is 10.7. The summed E-state index contributed by atoms with van der Waals surface area (Å²) in [7, 11) is 0. The minimum absolute atomic E-state index is 0.157. The average molecular weight is 611 g/mol. The largest absolute Gasteiger partial charge is 0.422 e. The molecule has 4 aromatic carbocycles. The maximum Gasteiger partial charge on any atom is 0.355 e. The maximum atomic E-state index is 12.8. The molecule has 0 bridgehead atoms. The summed E-state index contributed by atoms with van der Waals surface area (Å²) in [6.45, 7) is 1.90. The number of carbonyl (C=O) groups is 4. The van der Waals surface area contributed by atoms with Crippen LogP contribution in [0.2, 0.25) is 5.02 Å². The molecule has 43 heavy (non-hydrogen) atoms. The van der Waals surface area contributed by atoms with Crippen LogP contribution in [0.3, 0.4) is 0 Å². The van der Waals surface area contributed by atoms with Crippen LogP contribution in [-0.4, -0.2) is 29.9 Å². The number of anilines is 2. The Hall–Kier alpha value is -5.32. The molecule has 1 heterocycles. The van der Waals surface area contributed by atoms with Gasteiger partial charge in [0.1, 0.15) is 10.6 Å². The van der Waals surface area contributed by atoms with Crippen molar-refractivity contribution >= 4 is 74.3 Å². The molecule has 0 fully saturated rings. The summed E-state index contributed by atoms with van der Waals surface area (Å²) < 4.78 is 6.37. The number of hydrazone groups is 1. The lowest BCUT2D eigenvalue weighted by Gasteiger charge is -2.11. The molecule has 9 nitrogen and oxygen atoms in total. The zero-order valence-corrected chi connectivity index (χ0v) is 24.2. The third kappa shape index (κ3) is 7.13. The lowest BCUT2D eigenvalue weighted by atomic mass is 10.1. The number of ether oxygens (including phenoxy) is 1. The highest BCUT2D eigenvalue weighted by Gasteiger charge is 2.20. The number of esters is 1. The Kier molecular flexibility index (Phi) is 8.90. The van der Waals surface area contributed by atoms with Gasteiger partial charge in [-0.15, -0.1) is 11.3 Å². The SMILES string of the molecule is Cc1cccc(NC(=O)c2ccccc2NC(=O)C(=O)NN=Cc2cccc(OC(=O)c3sc4ccccc4c3Cl)c2)c1. The first-order valence-corrected chi connectivity index (χ1v) is 14.1.